The van der Waals surface area contributed by atoms with Crippen LogP contribution in [0, 0.1) is 0 Å². The lowest BCUT2D eigenvalue weighted by Crippen LogP contribution is -2.64. The third-order valence-electron chi connectivity index (χ3n) is 7.42. The second kappa shape index (κ2) is 12.2. The number of hydrogen-bond acceptors (Lipinski definition) is 15. The number of ether oxygens (including phenoxy) is 6. The van der Waals surface area contributed by atoms with E-state index in [9.17, 15) is 45.6 Å². The van der Waals surface area contributed by atoms with Crippen molar-refractivity contribution < 1.29 is 74.1 Å². The molecule has 8 N–H and O–H groups in total. The van der Waals surface area contributed by atoms with E-state index in [1.54, 1.807) is 0 Å². The first-order chi connectivity index (χ1) is 20.4. The molecule has 0 aliphatic carbocycles. The molecule has 0 bridgehead atoms. The summed E-state index contributed by atoms with van der Waals surface area (Å²) in [6, 6.07) is 6.75. The van der Waals surface area contributed by atoms with Gasteiger partial charge < -0.3 is 69.3 Å². The third-order valence-corrected chi connectivity index (χ3v) is 7.42. The summed E-state index contributed by atoms with van der Waals surface area (Å²) in [4.78, 5) is 13.0. The number of aliphatic hydroxyl groups excluding tert-OH is 6. The predicted octanol–water partition coefficient (Wildman–Crippen LogP) is -1.25. The molecule has 2 saturated heterocycles. The molecule has 2 aromatic rings. The van der Waals surface area contributed by atoms with Gasteiger partial charge in [0.2, 0.25) is 17.8 Å². The van der Waals surface area contributed by atoms with E-state index in [-0.39, 0.29) is 40.1 Å². The maximum atomic E-state index is 13.0. The molecule has 234 valence electrons. The second-order valence-electron chi connectivity index (χ2n) is 10.3. The van der Waals surface area contributed by atoms with Crippen LogP contribution in [0.25, 0.3) is 6.08 Å². The number of methoxy groups -OCH3 is 1. The molecule has 3 aliphatic rings. The maximum Gasteiger partial charge on any atom is 0.232 e. The predicted molar refractivity (Wildman–Crippen MR) is 141 cm³/mol. The number of phenolic OH excluding ortho intramolecular Hbond substituents is 2. The number of benzene rings is 2. The van der Waals surface area contributed by atoms with Gasteiger partial charge in [0.1, 0.15) is 42.7 Å². The molecule has 15 heteroatoms. The van der Waals surface area contributed by atoms with E-state index in [0.717, 1.165) is 0 Å². The number of ketones is 1. The minimum absolute atomic E-state index is 0.00625. The molecule has 43 heavy (non-hydrogen) atoms. The zero-order valence-electron chi connectivity index (χ0n) is 22.9. The first-order valence-electron chi connectivity index (χ1n) is 13.3. The largest absolute Gasteiger partial charge is 0.504 e. The highest BCUT2D eigenvalue weighted by atomic mass is 16.7. The fraction of sp³-hybridized carbons (Fsp3) is 0.464. The number of aromatic hydroxyl groups is 2. The minimum atomic E-state index is -1.78. The third kappa shape index (κ3) is 5.74. The van der Waals surface area contributed by atoms with Crippen molar-refractivity contribution in [1.82, 2.24) is 0 Å². The molecular formula is C28H32O15. The van der Waals surface area contributed by atoms with E-state index in [0.29, 0.717) is 5.56 Å². The van der Waals surface area contributed by atoms with Crippen molar-refractivity contribution in [2.45, 2.75) is 68.3 Å². The van der Waals surface area contributed by atoms with Crippen molar-refractivity contribution in [2.75, 3.05) is 13.7 Å². The highest BCUT2D eigenvalue weighted by molar-refractivity contribution is 6.15. The number of allylic oxidation sites excluding steroid dienone is 1. The highest BCUT2D eigenvalue weighted by Crippen LogP contribution is 2.46. The summed E-state index contributed by atoms with van der Waals surface area (Å²) in [7, 11) is 1.30. The molecule has 0 aromatic heterocycles. The summed E-state index contributed by atoms with van der Waals surface area (Å²) in [5, 5.41) is 81.0. The van der Waals surface area contributed by atoms with Crippen LogP contribution >= 0.6 is 0 Å². The molecule has 0 unspecified atom stereocenters. The Bertz CT molecular complexity index is 1380. The van der Waals surface area contributed by atoms with Crippen LogP contribution in [-0.4, -0.2) is 122 Å². The van der Waals surface area contributed by atoms with Crippen LogP contribution in [-0.2, 0) is 14.2 Å². The summed E-state index contributed by atoms with van der Waals surface area (Å²) < 4.78 is 33.7. The Labute approximate surface area is 244 Å². The number of rotatable bonds is 7. The average molecular weight is 609 g/mol. The normalized spacial score (nSPS) is 35.0. The Balaban J connectivity index is 1.36. The lowest BCUT2D eigenvalue weighted by Gasteiger charge is -2.45. The number of aliphatic hydroxyl groups is 6. The van der Waals surface area contributed by atoms with Gasteiger partial charge in [-0.25, -0.2) is 0 Å². The van der Waals surface area contributed by atoms with Gasteiger partial charge in [-0.15, -0.1) is 0 Å². The molecule has 2 aromatic carbocycles. The van der Waals surface area contributed by atoms with E-state index in [1.165, 1.54) is 50.4 Å². The van der Waals surface area contributed by atoms with Crippen LogP contribution < -0.4 is 14.2 Å². The van der Waals surface area contributed by atoms with Gasteiger partial charge in [-0.3, -0.25) is 4.79 Å². The molecule has 0 spiro atoms. The van der Waals surface area contributed by atoms with Gasteiger partial charge in [-0.1, -0.05) is 6.07 Å². The lowest BCUT2D eigenvalue weighted by molar-refractivity contribution is -0.350. The fourth-order valence-corrected chi connectivity index (χ4v) is 4.99. The van der Waals surface area contributed by atoms with Gasteiger partial charge in [0.05, 0.1) is 25.4 Å². The monoisotopic (exact) mass is 608 g/mol. The van der Waals surface area contributed by atoms with Crippen LogP contribution in [0.5, 0.6) is 28.7 Å². The highest BCUT2D eigenvalue weighted by Gasteiger charge is 2.50. The van der Waals surface area contributed by atoms with Gasteiger partial charge in [0, 0.05) is 0 Å². The number of fused-ring (bicyclic) bond motifs is 1. The van der Waals surface area contributed by atoms with Crippen LogP contribution in [0.4, 0.5) is 0 Å². The second-order valence-corrected chi connectivity index (χ2v) is 10.3. The fourth-order valence-electron chi connectivity index (χ4n) is 4.99. The number of phenols is 2. The van der Waals surface area contributed by atoms with Crippen LogP contribution in [0.15, 0.2) is 36.1 Å². The molecule has 0 saturated carbocycles. The van der Waals surface area contributed by atoms with E-state index < -0.39 is 73.8 Å². The average Bonchev–Trinajstić information content (AvgIpc) is 3.30. The maximum absolute atomic E-state index is 13.0. The Morgan fingerprint density at radius 2 is 1.63 bits per heavy atom. The van der Waals surface area contributed by atoms with Crippen molar-refractivity contribution in [1.29, 1.82) is 0 Å². The first kappa shape index (κ1) is 30.9. The van der Waals surface area contributed by atoms with Crippen LogP contribution in [0.3, 0.4) is 0 Å². The van der Waals surface area contributed by atoms with E-state index in [4.69, 9.17) is 28.4 Å². The lowest BCUT2D eigenvalue weighted by atomic mass is 9.97. The molecule has 5 rings (SSSR count). The zero-order chi connectivity index (χ0) is 31.2. The smallest absolute Gasteiger partial charge is 0.232 e. The Kier molecular flexibility index (Phi) is 8.80. The van der Waals surface area contributed by atoms with Crippen molar-refractivity contribution in [2.24, 2.45) is 0 Å². The number of hydrogen-bond donors (Lipinski definition) is 8. The van der Waals surface area contributed by atoms with Crippen LogP contribution in [0.1, 0.15) is 22.8 Å². The molecule has 0 radical (unpaired) electrons. The molecular weight excluding hydrogens is 576 g/mol. The molecule has 0 amide bonds. The topological polar surface area (TPSA) is 234 Å². The van der Waals surface area contributed by atoms with Crippen molar-refractivity contribution in [3.63, 3.8) is 0 Å². The van der Waals surface area contributed by atoms with Gasteiger partial charge >= 0.3 is 0 Å². The van der Waals surface area contributed by atoms with E-state index in [2.05, 4.69) is 0 Å². The van der Waals surface area contributed by atoms with Crippen molar-refractivity contribution in [3.05, 3.63) is 47.2 Å². The number of carbonyl (C=O) groups is 1. The van der Waals surface area contributed by atoms with Gasteiger partial charge in [-0.05, 0) is 42.8 Å². The minimum Gasteiger partial charge on any atom is -0.504 e. The molecule has 3 heterocycles. The number of Topliss-reactive ketones (excluding diaryl/α,β-unsaturated/α-hetero) is 1. The molecule has 10 atom stereocenters. The van der Waals surface area contributed by atoms with E-state index >= 15 is 0 Å². The molecule has 3 aliphatic heterocycles. The Morgan fingerprint density at radius 3 is 2.30 bits per heavy atom. The van der Waals surface area contributed by atoms with E-state index in [1.807, 2.05) is 0 Å². The summed E-state index contributed by atoms with van der Waals surface area (Å²) in [6.07, 6.45) is -13.9. The van der Waals surface area contributed by atoms with Crippen LogP contribution in [0.2, 0.25) is 0 Å². The summed E-state index contributed by atoms with van der Waals surface area (Å²) in [6.45, 7) is 0.763. The van der Waals surface area contributed by atoms with Crippen molar-refractivity contribution in [3.8, 4) is 28.7 Å². The molecule has 15 nitrogen and oxygen atoms in total. The molecule has 2 fully saturated rings. The zero-order valence-corrected chi connectivity index (χ0v) is 22.9. The van der Waals surface area contributed by atoms with Crippen molar-refractivity contribution >= 4 is 11.9 Å². The standard InChI is InChI=1S/C28H32O15/c1-10-18(32)26(43-27-22(36)21(35)20(34)17(9-29)42-27)23(37)28(39-10)41-15-6-4-12-19(33)16(40-24(12)25(15)38-2)8-11-3-5-13(30)14(31)7-11/h3-8,10,17-18,20-23,26-32,34-37H,9H2,1-2H3/t10-,17-,18+,20+,21-,22+,23+,26-,27+,28-/m1/s1. The summed E-state index contributed by atoms with van der Waals surface area (Å²) in [5.74, 6) is -1.35. The SMILES string of the molecule is COc1c(O[C@H]2O[C@H](C)[C@H](O)[C@@H](O[C@@H]3O[C@H](CO)[C@H](O)[C@@H](O)[C@@H]3O)[C@@H]2O)ccc2c1OC(=Cc1ccc(O)c(O)c1)C2=O. The van der Waals surface area contributed by atoms with Gasteiger partial charge in [-0.2, -0.15) is 0 Å². The Hall–Kier alpha value is -3.51. The van der Waals surface area contributed by atoms with Gasteiger partial charge in [0.15, 0.2) is 35.0 Å². The Morgan fingerprint density at radius 1 is 0.884 bits per heavy atom. The quantitative estimate of drug-likeness (QED) is 0.136. The summed E-state index contributed by atoms with van der Waals surface area (Å²) in [5.41, 5.74) is 0.509. The number of carbonyl (C=O) groups excluding carboxylic acids is 1. The summed E-state index contributed by atoms with van der Waals surface area (Å²) >= 11 is 0. The van der Waals surface area contributed by atoms with Gasteiger partial charge in [0.25, 0.3) is 0 Å². The first-order valence-corrected chi connectivity index (χ1v) is 13.3.